The predicted molar refractivity (Wildman–Crippen MR) is 106 cm³/mol. The van der Waals surface area contributed by atoms with Crippen molar-refractivity contribution in [2.75, 3.05) is 13.1 Å². The van der Waals surface area contributed by atoms with Gasteiger partial charge in [-0.25, -0.2) is 0 Å². The van der Waals surface area contributed by atoms with E-state index in [0.29, 0.717) is 12.5 Å². The molecule has 1 saturated heterocycles. The summed E-state index contributed by atoms with van der Waals surface area (Å²) in [5.41, 5.74) is 8.72. The number of rotatable bonds is 3. The standard InChI is InChI=1S/C19H23N3O.2ClH/c20-12-14-5-3-4-10-22(14)19(23)16-11-18(13-8-9-13)21-17-7-2-1-6-15(16)17;;/h1-2,6-7,11,13-14H,3-5,8-10,12,20H2;2*1H. The zero-order valence-corrected chi connectivity index (χ0v) is 15.8. The van der Waals surface area contributed by atoms with E-state index in [2.05, 4.69) is 0 Å². The van der Waals surface area contributed by atoms with Crippen molar-refractivity contribution in [2.24, 2.45) is 5.73 Å². The highest BCUT2D eigenvalue weighted by atomic mass is 35.5. The smallest absolute Gasteiger partial charge is 0.254 e. The molecule has 4 rings (SSSR count). The molecule has 6 heteroatoms. The van der Waals surface area contributed by atoms with Gasteiger partial charge < -0.3 is 10.6 Å². The van der Waals surface area contributed by atoms with Gasteiger partial charge in [0, 0.05) is 36.1 Å². The van der Waals surface area contributed by atoms with Crippen LogP contribution < -0.4 is 5.73 Å². The van der Waals surface area contributed by atoms with Gasteiger partial charge in [-0.3, -0.25) is 9.78 Å². The fraction of sp³-hybridized carbons (Fsp3) is 0.474. The Kier molecular flexibility index (Phi) is 6.66. The van der Waals surface area contributed by atoms with Crippen molar-refractivity contribution in [1.82, 2.24) is 9.88 Å². The Morgan fingerprint density at radius 3 is 2.64 bits per heavy atom. The molecule has 1 unspecified atom stereocenters. The van der Waals surface area contributed by atoms with E-state index < -0.39 is 0 Å². The number of halogens is 2. The van der Waals surface area contributed by atoms with Gasteiger partial charge in [-0.1, -0.05) is 18.2 Å². The maximum absolute atomic E-state index is 13.2. The summed E-state index contributed by atoms with van der Waals surface area (Å²) in [6, 6.07) is 10.2. The zero-order chi connectivity index (χ0) is 15.8. The van der Waals surface area contributed by atoms with E-state index in [9.17, 15) is 4.79 Å². The summed E-state index contributed by atoms with van der Waals surface area (Å²) >= 11 is 0. The largest absolute Gasteiger partial charge is 0.334 e. The number of aromatic nitrogens is 1. The monoisotopic (exact) mass is 381 g/mol. The van der Waals surface area contributed by atoms with E-state index in [0.717, 1.165) is 48.0 Å². The number of pyridine rings is 1. The van der Waals surface area contributed by atoms with Gasteiger partial charge in [-0.2, -0.15) is 0 Å². The quantitative estimate of drug-likeness (QED) is 0.876. The lowest BCUT2D eigenvalue weighted by molar-refractivity contribution is 0.0625. The second kappa shape index (κ2) is 8.35. The Balaban J connectivity index is 0.00000113. The molecular formula is C19H25Cl2N3O. The number of carbonyl (C=O) groups is 1. The number of amides is 1. The topological polar surface area (TPSA) is 59.2 Å². The minimum absolute atomic E-state index is 0. The van der Waals surface area contributed by atoms with Crippen LogP contribution in [-0.4, -0.2) is 34.9 Å². The molecule has 1 aliphatic heterocycles. The van der Waals surface area contributed by atoms with Gasteiger partial charge in [0.1, 0.15) is 0 Å². The molecule has 136 valence electrons. The summed E-state index contributed by atoms with van der Waals surface area (Å²) in [7, 11) is 0. The number of hydrogen-bond acceptors (Lipinski definition) is 3. The predicted octanol–water partition coefficient (Wildman–Crippen LogP) is 3.91. The number of benzene rings is 1. The van der Waals surface area contributed by atoms with E-state index in [1.54, 1.807) is 0 Å². The van der Waals surface area contributed by atoms with E-state index in [1.807, 2.05) is 35.2 Å². The van der Waals surface area contributed by atoms with Gasteiger partial charge in [-0.05, 0) is 44.2 Å². The summed E-state index contributed by atoms with van der Waals surface area (Å²) in [6.07, 6.45) is 5.62. The Morgan fingerprint density at radius 2 is 1.92 bits per heavy atom. The van der Waals surface area contributed by atoms with Crippen LogP contribution in [0.2, 0.25) is 0 Å². The van der Waals surface area contributed by atoms with Gasteiger partial charge in [0.25, 0.3) is 5.91 Å². The average Bonchev–Trinajstić information content (AvgIpc) is 3.45. The number of likely N-dealkylation sites (tertiary alicyclic amines) is 1. The first-order valence-electron chi connectivity index (χ1n) is 8.68. The van der Waals surface area contributed by atoms with Crippen LogP contribution in [0, 0.1) is 0 Å². The van der Waals surface area contributed by atoms with Gasteiger partial charge in [-0.15, -0.1) is 24.8 Å². The summed E-state index contributed by atoms with van der Waals surface area (Å²) in [4.78, 5) is 20.0. The molecule has 1 atom stereocenters. The van der Waals surface area contributed by atoms with Crippen LogP contribution in [0.5, 0.6) is 0 Å². The number of nitrogens with zero attached hydrogens (tertiary/aromatic N) is 2. The fourth-order valence-electron chi connectivity index (χ4n) is 3.63. The first kappa shape index (κ1) is 20.0. The van der Waals surface area contributed by atoms with Crippen LogP contribution in [0.4, 0.5) is 0 Å². The first-order valence-corrected chi connectivity index (χ1v) is 8.68. The van der Waals surface area contributed by atoms with Crippen molar-refractivity contribution in [3.63, 3.8) is 0 Å². The summed E-state index contributed by atoms with van der Waals surface area (Å²) in [5, 5.41) is 0.961. The third-order valence-electron chi connectivity index (χ3n) is 5.12. The third-order valence-corrected chi connectivity index (χ3v) is 5.12. The second-order valence-electron chi connectivity index (χ2n) is 6.77. The van der Waals surface area contributed by atoms with Crippen molar-refractivity contribution < 1.29 is 4.79 Å². The van der Waals surface area contributed by atoms with Crippen LogP contribution >= 0.6 is 24.8 Å². The lowest BCUT2D eigenvalue weighted by Gasteiger charge is -2.35. The minimum atomic E-state index is 0. The van der Waals surface area contributed by atoms with Crippen molar-refractivity contribution in [3.05, 3.63) is 41.6 Å². The van der Waals surface area contributed by atoms with Gasteiger partial charge in [0.2, 0.25) is 0 Å². The van der Waals surface area contributed by atoms with Crippen LogP contribution in [0.1, 0.15) is 54.1 Å². The molecule has 1 saturated carbocycles. The van der Waals surface area contributed by atoms with Crippen molar-refractivity contribution in [2.45, 2.75) is 44.1 Å². The van der Waals surface area contributed by atoms with E-state index in [1.165, 1.54) is 12.8 Å². The highest BCUT2D eigenvalue weighted by Gasteiger charge is 2.30. The Bertz CT molecular complexity index is 749. The lowest BCUT2D eigenvalue weighted by Crippen LogP contribution is -2.47. The molecule has 1 aromatic carbocycles. The normalized spacial score (nSPS) is 19.9. The molecule has 1 aromatic heterocycles. The molecule has 2 N–H and O–H groups in total. The molecule has 0 spiro atoms. The van der Waals surface area contributed by atoms with Crippen molar-refractivity contribution >= 4 is 41.6 Å². The lowest BCUT2D eigenvalue weighted by atomic mass is 9.99. The Hall–Kier alpha value is -1.36. The first-order chi connectivity index (χ1) is 11.3. The molecule has 2 heterocycles. The fourth-order valence-corrected chi connectivity index (χ4v) is 3.63. The highest BCUT2D eigenvalue weighted by Crippen LogP contribution is 2.40. The second-order valence-corrected chi connectivity index (χ2v) is 6.77. The molecule has 2 aromatic rings. The van der Waals surface area contributed by atoms with Crippen LogP contribution in [0.25, 0.3) is 10.9 Å². The SMILES string of the molecule is Cl.Cl.NCC1CCCCN1C(=O)c1cc(C2CC2)nc2ccccc12. The van der Waals surface area contributed by atoms with Crippen LogP contribution in [0.3, 0.4) is 0 Å². The molecule has 1 aliphatic carbocycles. The number of carbonyl (C=O) groups excluding carboxylic acids is 1. The summed E-state index contributed by atoms with van der Waals surface area (Å²) in [5.74, 6) is 0.665. The number of piperidine rings is 1. The Morgan fingerprint density at radius 1 is 1.16 bits per heavy atom. The highest BCUT2D eigenvalue weighted by molar-refractivity contribution is 6.06. The molecule has 0 bridgehead atoms. The van der Waals surface area contributed by atoms with Crippen LogP contribution in [-0.2, 0) is 0 Å². The van der Waals surface area contributed by atoms with E-state index in [4.69, 9.17) is 10.7 Å². The molecular weight excluding hydrogens is 357 g/mol. The average molecular weight is 382 g/mol. The number of nitrogens with two attached hydrogens (primary N) is 1. The molecule has 4 nitrogen and oxygen atoms in total. The Labute approximate surface area is 161 Å². The van der Waals surface area contributed by atoms with Gasteiger partial charge in [0.05, 0.1) is 11.1 Å². The summed E-state index contributed by atoms with van der Waals surface area (Å²) in [6.45, 7) is 1.36. The number of fused-ring (bicyclic) bond motifs is 1. The number of hydrogen-bond donors (Lipinski definition) is 1. The van der Waals surface area contributed by atoms with E-state index in [-0.39, 0.29) is 36.8 Å². The van der Waals surface area contributed by atoms with Crippen molar-refractivity contribution in [3.8, 4) is 0 Å². The maximum atomic E-state index is 13.2. The van der Waals surface area contributed by atoms with Gasteiger partial charge >= 0.3 is 0 Å². The van der Waals surface area contributed by atoms with E-state index >= 15 is 0 Å². The molecule has 0 radical (unpaired) electrons. The molecule has 2 fully saturated rings. The third kappa shape index (κ3) is 3.91. The van der Waals surface area contributed by atoms with Crippen molar-refractivity contribution in [1.29, 1.82) is 0 Å². The zero-order valence-electron chi connectivity index (χ0n) is 14.2. The molecule has 1 amide bonds. The molecule has 25 heavy (non-hydrogen) atoms. The summed E-state index contributed by atoms with van der Waals surface area (Å²) < 4.78 is 0. The minimum Gasteiger partial charge on any atom is -0.334 e. The maximum Gasteiger partial charge on any atom is 0.254 e. The van der Waals surface area contributed by atoms with Gasteiger partial charge in [0.15, 0.2) is 0 Å². The van der Waals surface area contributed by atoms with Crippen LogP contribution in [0.15, 0.2) is 30.3 Å². The number of para-hydroxylation sites is 1. The molecule has 2 aliphatic rings.